The molecule has 1 aliphatic carbocycles. The van der Waals surface area contributed by atoms with E-state index in [9.17, 15) is 9.59 Å². The van der Waals surface area contributed by atoms with Crippen LogP contribution in [-0.4, -0.2) is 40.6 Å². The Hall–Kier alpha value is -1.80. The minimum Gasteiger partial charge on any atom is -0.349 e. The lowest BCUT2D eigenvalue weighted by Gasteiger charge is -2.30. The zero-order valence-corrected chi connectivity index (χ0v) is 18.5. The second-order valence-electron chi connectivity index (χ2n) is 9.16. The van der Waals surface area contributed by atoms with Crippen molar-refractivity contribution in [1.29, 1.82) is 0 Å². The summed E-state index contributed by atoms with van der Waals surface area (Å²) < 4.78 is 0. The third kappa shape index (κ3) is 6.60. The van der Waals surface area contributed by atoms with Gasteiger partial charge in [-0.2, -0.15) is 0 Å². The maximum Gasteiger partial charge on any atom is 0.249 e. The first-order valence-electron chi connectivity index (χ1n) is 10.7. The SMILES string of the molecule is CC(C)(C)c1nnc(NC(=O)C=C[C@H](CC2CCCCC2)NC(=O)[C@@H]2CCN2)s1. The molecular formula is C21H33N5O2S. The van der Waals surface area contributed by atoms with Gasteiger partial charge in [0.25, 0.3) is 0 Å². The Kier molecular flexibility index (Phi) is 7.40. The fraction of sp³-hybridized carbons (Fsp3) is 0.714. The highest BCUT2D eigenvalue weighted by Gasteiger charge is 2.27. The highest BCUT2D eigenvalue weighted by atomic mass is 32.1. The lowest BCUT2D eigenvalue weighted by atomic mass is 9.84. The fourth-order valence-electron chi connectivity index (χ4n) is 3.69. The minimum absolute atomic E-state index is 0.0288. The third-order valence-electron chi connectivity index (χ3n) is 5.56. The van der Waals surface area contributed by atoms with Crippen LogP contribution in [0.25, 0.3) is 0 Å². The normalized spacial score (nSPS) is 21.6. The lowest BCUT2D eigenvalue weighted by molar-refractivity contribution is -0.125. The molecule has 3 rings (SSSR count). The summed E-state index contributed by atoms with van der Waals surface area (Å²) in [6, 6.07) is -0.221. The first kappa shape index (κ1) is 21.9. The second kappa shape index (κ2) is 9.80. The summed E-state index contributed by atoms with van der Waals surface area (Å²) in [4.78, 5) is 24.8. The van der Waals surface area contributed by atoms with Gasteiger partial charge < -0.3 is 10.6 Å². The third-order valence-corrected chi connectivity index (χ3v) is 6.82. The van der Waals surface area contributed by atoms with Gasteiger partial charge in [0, 0.05) is 17.5 Å². The smallest absolute Gasteiger partial charge is 0.249 e. The summed E-state index contributed by atoms with van der Waals surface area (Å²) in [7, 11) is 0. The number of carbonyl (C=O) groups excluding carboxylic acids is 2. The quantitative estimate of drug-likeness (QED) is 0.590. The topological polar surface area (TPSA) is 96.0 Å². The van der Waals surface area contributed by atoms with E-state index in [1.807, 2.05) is 6.08 Å². The van der Waals surface area contributed by atoms with Crippen molar-refractivity contribution in [2.24, 2.45) is 5.92 Å². The van der Waals surface area contributed by atoms with E-state index in [0.29, 0.717) is 11.0 Å². The maximum absolute atomic E-state index is 12.4. The van der Waals surface area contributed by atoms with Gasteiger partial charge in [-0.1, -0.05) is 70.3 Å². The molecule has 7 nitrogen and oxygen atoms in total. The molecule has 0 unspecified atom stereocenters. The molecule has 2 amide bonds. The number of nitrogens with zero attached hydrogens (tertiary/aromatic N) is 2. The number of anilines is 1. The number of nitrogens with one attached hydrogen (secondary N) is 3. The fourth-order valence-corrected chi connectivity index (χ4v) is 4.50. The average molecular weight is 420 g/mol. The van der Waals surface area contributed by atoms with E-state index in [2.05, 4.69) is 46.9 Å². The van der Waals surface area contributed by atoms with Gasteiger partial charge in [0.15, 0.2) is 0 Å². The zero-order valence-electron chi connectivity index (χ0n) is 17.7. The summed E-state index contributed by atoms with van der Waals surface area (Å²) in [6.45, 7) is 7.08. The van der Waals surface area contributed by atoms with Crippen LogP contribution in [0.5, 0.6) is 0 Å². The van der Waals surface area contributed by atoms with E-state index in [1.165, 1.54) is 49.5 Å². The van der Waals surface area contributed by atoms with Gasteiger partial charge in [-0.3, -0.25) is 14.9 Å². The average Bonchev–Trinajstić information content (AvgIpc) is 3.08. The van der Waals surface area contributed by atoms with E-state index in [0.717, 1.165) is 24.4 Å². The van der Waals surface area contributed by atoms with Crippen molar-refractivity contribution in [3.63, 3.8) is 0 Å². The molecule has 0 bridgehead atoms. The largest absolute Gasteiger partial charge is 0.349 e. The van der Waals surface area contributed by atoms with Crippen LogP contribution in [0.2, 0.25) is 0 Å². The predicted molar refractivity (Wildman–Crippen MR) is 116 cm³/mol. The Morgan fingerprint density at radius 3 is 2.52 bits per heavy atom. The van der Waals surface area contributed by atoms with E-state index in [1.54, 1.807) is 0 Å². The molecule has 0 spiro atoms. The Balaban J connectivity index is 1.58. The van der Waals surface area contributed by atoms with E-state index >= 15 is 0 Å². The van der Waals surface area contributed by atoms with Crippen LogP contribution in [0.15, 0.2) is 12.2 Å². The van der Waals surface area contributed by atoms with Crippen LogP contribution in [-0.2, 0) is 15.0 Å². The molecule has 29 heavy (non-hydrogen) atoms. The van der Waals surface area contributed by atoms with Crippen LogP contribution in [0, 0.1) is 5.92 Å². The minimum atomic E-state index is -0.244. The van der Waals surface area contributed by atoms with Gasteiger partial charge in [-0.15, -0.1) is 10.2 Å². The highest BCUT2D eigenvalue weighted by molar-refractivity contribution is 7.15. The number of carbonyl (C=O) groups is 2. The summed E-state index contributed by atoms with van der Waals surface area (Å²) in [6.07, 6.45) is 11.3. The maximum atomic E-state index is 12.4. The lowest BCUT2D eigenvalue weighted by Crippen LogP contribution is -2.55. The van der Waals surface area contributed by atoms with Crippen molar-refractivity contribution in [2.75, 3.05) is 11.9 Å². The standard InChI is InChI=1S/C21H33N5O2S/c1-21(2,3)19-25-26-20(29-19)24-17(27)10-9-15(13-14-7-5-4-6-8-14)23-18(28)16-11-12-22-16/h9-10,14-16,22H,4-8,11-13H2,1-3H3,(H,23,28)(H,24,26,27)/t15-,16+/m1/s1. The summed E-state index contributed by atoms with van der Waals surface area (Å²) in [5.41, 5.74) is -0.0958. The van der Waals surface area contributed by atoms with Gasteiger partial charge >= 0.3 is 0 Å². The number of hydrogen-bond acceptors (Lipinski definition) is 6. The van der Waals surface area contributed by atoms with Crippen molar-refractivity contribution < 1.29 is 9.59 Å². The molecule has 160 valence electrons. The molecule has 2 fully saturated rings. The first-order valence-corrected chi connectivity index (χ1v) is 11.5. The summed E-state index contributed by atoms with van der Waals surface area (Å²) >= 11 is 1.39. The van der Waals surface area contributed by atoms with E-state index < -0.39 is 0 Å². The Morgan fingerprint density at radius 1 is 1.21 bits per heavy atom. The van der Waals surface area contributed by atoms with E-state index in [4.69, 9.17) is 0 Å². The molecule has 2 atom stereocenters. The molecule has 0 aromatic carbocycles. The number of rotatable bonds is 7. The number of amides is 2. The van der Waals surface area contributed by atoms with Gasteiger partial charge in [0.05, 0.1) is 6.04 Å². The predicted octanol–water partition coefficient (Wildman–Crippen LogP) is 3.15. The van der Waals surface area contributed by atoms with Gasteiger partial charge in [-0.05, 0) is 25.3 Å². The molecule has 2 heterocycles. The molecular weight excluding hydrogens is 386 g/mol. The Bertz CT molecular complexity index is 730. The van der Waals surface area contributed by atoms with Crippen LogP contribution in [0.1, 0.15) is 70.7 Å². The molecule has 3 N–H and O–H groups in total. The van der Waals surface area contributed by atoms with Crippen molar-refractivity contribution in [3.05, 3.63) is 17.2 Å². The molecule has 1 aromatic rings. The first-order chi connectivity index (χ1) is 13.8. The number of aromatic nitrogens is 2. The van der Waals surface area contributed by atoms with Crippen LogP contribution in [0.4, 0.5) is 5.13 Å². The Labute approximate surface area is 177 Å². The van der Waals surface area contributed by atoms with Crippen molar-refractivity contribution in [3.8, 4) is 0 Å². The van der Waals surface area contributed by atoms with Crippen LogP contribution >= 0.6 is 11.3 Å². The summed E-state index contributed by atoms with van der Waals surface area (Å²) in [5, 5.41) is 18.6. The zero-order chi connectivity index (χ0) is 20.9. The second-order valence-corrected chi connectivity index (χ2v) is 10.1. The Morgan fingerprint density at radius 2 is 1.93 bits per heavy atom. The van der Waals surface area contributed by atoms with Crippen molar-refractivity contribution in [2.45, 2.75) is 83.2 Å². The van der Waals surface area contributed by atoms with Gasteiger partial charge in [-0.25, -0.2) is 0 Å². The van der Waals surface area contributed by atoms with E-state index in [-0.39, 0.29) is 29.3 Å². The molecule has 1 saturated heterocycles. The highest BCUT2D eigenvalue weighted by Crippen LogP contribution is 2.28. The van der Waals surface area contributed by atoms with Crippen LogP contribution < -0.4 is 16.0 Å². The molecule has 2 aliphatic rings. The van der Waals surface area contributed by atoms with Gasteiger partial charge in [0.1, 0.15) is 5.01 Å². The van der Waals surface area contributed by atoms with Crippen LogP contribution in [0.3, 0.4) is 0 Å². The molecule has 1 saturated carbocycles. The van der Waals surface area contributed by atoms with Crippen molar-refractivity contribution in [1.82, 2.24) is 20.8 Å². The molecule has 0 radical (unpaired) electrons. The number of hydrogen-bond donors (Lipinski definition) is 3. The molecule has 8 heteroatoms. The molecule has 1 aliphatic heterocycles. The monoisotopic (exact) mass is 419 g/mol. The molecule has 1 aromatic heterocycles. The van der Waals surface area contributed by atoms with Gasteiger partial charge in [0.2, 0.25) is 16.9 Å². The summed E-state index contributed by atoms with van der Waals surface area (Å²) in [5.74, 6) is 0.390. The van der Waals surface area contributed by atoms with Crippen molar-refractivity contribution >= 4 is 28.3 Å².